The van der Waals surface area contributed by atoms with E-state index >= 15 is 0 Å². The summed E-state index contributed by atoms with van der Waals surface area (Å²) in [6.45, 7) is 0.337. The molecule has 0 fully saturated rings. The molecule has 0 aliphatic carbocycles. The minimum Gasteiger partial charge on any atom is -0.352 e. The van der Waals surface area contributed by atoms with Gasteiger partial charge in [-0.3, -0.25) is 19.7 Å². The second-order valence-corrected chi connectivity index (χ2v) is 5.08. The van der Waals surface area contributed by atoms with Gasteiger partial charge in [-0.2, -0.15) is 5.10 Å². The summed E-state index contributed by atoms with van der Waals surface area (Å²) in [7, 11) is 0. The first-order valence-electron chi connectivity index (χ1n) is 7.41. The van der Waals surface area contributed by atoms with E-state index in [-0.39, 0.29) is 12.1 Å². The van der Waals surface area contributed by atoms with Gasteiger partial charge in [-0.25, -0.2) is 5.43 Å². The highest BCUT2D eigenvalue weighted by Crippen LogP contribution is 2.11. The molecule has 128 valence electrons. The lowest BCUT2D eigenvalue weighted by Crippen LogP contribution is -2.29. The summed E-state index contributed by atoms with van der Waals surface area (Å²) in [4.78, 5) is 33.5. The molecule has 2 aromatic carbocycles. The van der Waals surface area contributed by atoms with Gasteiger partial charge in [0.1, 0.15) is 6.42 Å². The molecule has 2 N–H and O–H groups in total. The molecule has 0 spiro atoms. The van der Waals surface area contributed by atoms with Crippen LogP contribution >= 0.6 is 0 Å². The van der Waals surface area contributed by atoms with E-state index in [0.29, 0.717) is 12.1 Å². The molecule has 0 atom stereocenters. The summed E-state index contributed by atoms with van der Waals surface area (Å²) in [5, 5.41) is 17.0. The highest BCUT2D eigenvalue weighted by molar-refractivity contribution is 5.97. The van der Waals surface area contributed by atoms with Crippen LogP contribution in [0.1, 0.15) is 17.5 Å². The molecular formula is C17H16N4O4. The maximum absolute atomic E-state index is 11.7. The van der Waals surface area contributed by atoms with Crippen LogP contribution < -0.4 is 10.7 Å². The zero-order valence-corrected chi connectivity index (χ0v) is 13.2. The fourth-order valence-electron chi connectivity index (χ4n) is 1.94. The van der Waals surface area contributed by atoms with Crippen LogP contribution in [0.15, 0.2) is 59.7 Å². The molecular weight excluding hydrogens is 324 g/mol. The number of hydrogen-bond acceptors (Lipinski definition) is 5. The van der Waals surface area contributed by atoms with Crippen molar-refractivity contribution in [3.8, 4) is 0 Å². The normalized spacial score (nSPS) is 10.4. The standard InChI is InChI=1S/C17H16N4O4/c22-16(18-11-13-5-2-1-3-6-13)10-17(23)20-19-12-14-7-4-8-15(9-14)21(24)25/h1-9,12H,10-11H2,(H,18,22)(H,20,23)/b19-12+. The number of nitro groups is 1. The Bertz CT molecular complexity index is 790. The van der Waals surface area contributed by atoms with Crippen molar-refractivity contribution in [2.75, 3.05) is 0 Å². The molecule has 0 aromatic heterocycles. The van der Waals surface area contributed by atoms with E-state index in [4.69, 9.17) is 0 Å². The Morgan fingerprint density at radius 2 is 1.84 bits per heavy atom. The maximum Gasteiger partial charge on any atom is 0.270 e. The quantitative estimate of drug-likeness (QED) is 0.346. The summed E-state index contributed by atoms with van der Waals surface area (Å²) >= 11 is 0. The van der Waals surface area contributed by atoms with Gasteiger partial charge in [-0.05, 0) is 5.56 Å². The monoisotopic (exact) mass is 340 g/mol. The molecule has 0 radical (unpaired) electrons. The molecule has 0 bridgehead atoms. The van der Waals surface area contributed by atoms with Crippen LogP contribution in [-0.2, 0) is 16.1 Å². The van der Waals surface area contributed by atoms with Crippen molar-refractivity contribution in [1.29, 1.82) is 0 Å². The zero-order chi connectivity index (χ0) is 18.1. The van der Waals surface area contributed by atoms with Gasteiger partial charge in [-0.15, -0.1) is 0 Å². The zero-order valence-electron chi connectivity index (χ0n) is 13.2. The Hall–Kier alpha value is -3.55. The number of nitrogens with zero attached hydrogens (tertiary/aromatic N) is 2. The number of carbonyl (C=O) groups is 2. The summed E-state index contributed by atoms with van der Waals surface area (Å²) in [6, 6.07) is 15.1. The number of hydrazone groups is 1. The second kappa shape index (κ2) is 8.92. The molecule has 25 heavy (non-hydrogen) atoms. The summed E-state index contributed by atoms with van der Waals surface area (Å²) < 4.78 is 0. The van der Waals surface area contributed by atoms with Gasteiger partial charge < -0.3 is 5.32 Å². The predicted octanol–water partition coefficient (Wildman–Crippen LogP) is 1.75. The van der Waals surface area contributed by atoms with E-state index in [9.17, 15) is 19.7 Å². The van der Waals surface area contributed by atoms with Gasteiger partial charge in [0.25, 0.3) is 5.69 Å². The van der Waals surface area contributed by atoms with Gasteiger partial charge in [0, 0.05) is 24.2 Å². The predicted molar refractivity (Wildman–Crippen MR) is 91.7 cm³/mol. The first-order valence-corrected chi connectivity index (χ1v) is 7.41. The highest BCUT2D eigenvalue weighted by atomic mass is 16.6. The van der Waals surface area contributed by atoms with Crippen molar-refractivity contribution in [3.63, 3.8) is 0 Å². The summed E-state index contributed by atoms with van der Waals surface area (Å²) in [5.74, 6) is -1.00. The first kappa shape index (κ1) is 17.8. The van der Waals surface area contributed by atoms with Gasteiger partial charge in [-0.1, -0.05) is 42.5 Å². The fraction of sp³-hybridized carbons (Fsp3) is 0.118. The molecule has 0 aliphatic heterocycles. The molecule has 0 heterocycles. The van der Waals surface area contributed by atoms with Crippen LogP contribution in [-0.4, -0.2) is 23.0 Å². The van der Waals surface area contributed by atoms with Crippen molar-refractivity contribution in [1.82, 2.24) is 10.7 Å². The Morgan fingerprint density at radius 3 is 2.56 bits per heavy atom. The van der Waals surface area contributed by atoms with Gasteiger partial charge in [0.05, 0.1) is 11.1 Å². The van der Waals surface area contributed by atoms with Gasteiger partial charge >= 0.3 is 0 Å². The van der Waals surface area contributed by atoms with Gasteiger partial charge in [0.15, 0.2) is 0 Å². The third kappa shape index (κ3) is 6.22. The number of amides is 2. The minimum absolute atomic E-state index is 0.0735. The lowest BCUT2D eigenvalue weighted by molar-refractivity contribution is -0.384. The first-order chi connectivity index (χ1) is 12.0. The number of benzene rings is 2. The number of non-ortho nitro benzene ring substituents is 1. The fourth-order valence-corrected chi connectivity index (χ4v) is 1.94. The van der Waals surface area contributed by atoms with E-state index < -0.39 is 16.7 Å². The molecule has 0 saturated carbocycles. The number of nitro benzene ring substituents is 1. The van der Waals surface area contributed by atoms with Crippen LogP contribution in [0.2, 0.25) is 0 Å². The molecule has 0 saturated heterocycles. The SMILES string of the molecule is O=C(CC(=O)N/N=C/c1cccc([N+](=O)[O-])c1)NCc1ccccc1. The van der Waals surface area contributed by atoms with Crippen LogP contribution in [0.5, 0.6) is 0 Å². The molecule has 2 amide bonds. The molecule has 8 heteroatoms. The molecule has 2 rings (SSSR count). The Morgan fingerprint density at radius 1 is 1.08 bits per heavy atom. The van der Waals surface area contributed by atoms with Crippen molar-refractivity contribution < 1.29 is 14.5 Å². The van der Waals surface area contributed by atoms with Crippen LogP contribution in [0.3, 0.4) is 0 Å². The lowest BCUT2D eigenvalue weighted by atomic mass is 10.2. The Balaban J connectivity index is 1.77. The number of hydrogen-bond donors (Lipinski definition) is 2. The largest absolute Gasteiger partial charge is 0.352 e. The molecule has 0 unspecified atom stereocenters. The average molecular weight is 340 g/mol. The Kier molecular flexibility index (Phi) is 6.35. The average Bonchev–Trinajstić information content (AvgIpc) is 2.61. The van der Waals surface area contributed by atoms with Crippen LogP contribution in [0.4, 0.5) is 5.69 Å². The third-order valence-corrected chi connectivity index (χ3v) is 3.14. The number of carbonyl (C=O) groups excluding carboxylic acids is 2. The Labute approximate surface area is 143 Å². The summed E-state index contributed by atoms with van der Waals surface area (Å²) in [6.07, 6.45) is 0.909. The lowest BCUT2D eigenvalue weighted by Gasteiger charge is -2.04. The van der Waals surface area contributed by atoms with Crippen LogP contribution in [0.25, 0.3) is 0 Å². The van der Waals surface area contributed by atoms with Crippen molar-refractivity contribution in [2.45, 2.75) is 13.0 Å². The third-order valence-electron chi connectivity index (χ3n) is 3.14. The van der Waals surface area contributed by atoms with E-state index in [1.807, 2.05) is 30.3 Å². The maximum atomic E-state index is 11.7. The van der Waals surface area contributed by atoms with E-state index in [1.54, 1.807) is 6.07 Å². The number of nitrogens with one attached hydrogen (secondary N) is 2. The number of rotatable bonds is 7. The highest BCUT2D eigenvalue weighted by Gasteiger charge is 2.08. The summed E-state index contributed by atoms with van der Waals surface area (Å²) in [5.41, 5.74) is 3.53. The minimum atomic E-state index is -0.577. The van der Waals surface area contributed by atoms with E-state index in [2.05, 4.69) is 15.8 Å². The molecule has 2 aromatic rings. The molecule has 0 aliphatic rings. The molecule has 8 nitrogen and oxygen atoms in total. The van der Waals surface area contributed by atoms with Gasteiger partial charge in [0.2, 0.25) is 11.8 Å². The van der Waals surface area contributed by atoms with E-state index in [1.165, 1.54) is 24.4 Å². The topological polar surface area (TPSA) is 114 Å². The van der Waals surface area contributed by atoms with Crippen molar-refractivity contribution >= 4 is 23.7 Å². The van der Waals surface area contributed by atoms with Crippen molar-refractivity contribution in [2.24, 2.45) is 5.10 Å². The smallest absolute Gasteiger partial charge is 0.270 e. The van der Waals surface area contributed by atoms with Crippen LogP contribution in [0, 0.1) is 10.1 Å². The van der Waals surface area contributed by atoms with E-state index in [0.717, 1.165) is 5.56 Å². The van der Waals surface area contributed by atoms with Crippen molar-refractivity contribution in [3.05, 3.63) is 75.8 Å². The second-order valence-electron chi connectivity index (χ2n) is 5.08.